The van der Waals surface area contributed by atoms with Crippen molar-refractivity contribution in [2.75, 3.05) is 25.6 Å². The molecule has 0 aliphatic carbocycles. The van der Waals surface area contributed by atoms with Gasteiger partial charge in [0.1, 0.15) is 0 Å². The van der Waals surface area contributed by atoms with Gasteiger partial charge in [0.2, 0.25) is 0 Å². The van der Waals surface area contributed by atoms with Crippen LogP contribution in [0.2, 0.25) is 0 Å². The Bertz CT molecular complexity index is 408. The van der Waals surface area contributed by atoms with Crippen molar-refractivity contribution in [1.29, 1.82) is 0 Å². The molecule has 0 bridgehead atoms. The number of carbonyl (C=O) groups excluding carboxylic acids is 1. The number of aliphatic carboxylic acids is 1. The number of hydrogen-bond acceptors (Lipinski definition) is 3. The minimum atomic E-state index is -1.11. The van der Waals surface area contributed by atoms with Gasteiger partial charge in [-0.1, -0.05) is 18.2 Å². The number of carboxylic acids is 1. The van der Waals surface area contributed by atoms with E-state index in [-0.39, 0.29) is 12.6 Å². The maximum Gasteiger partial charge on any atom is 0.334 e. The summed E-state index contributed by atoms with van der Waals surface area (Å²) in [7, 11) is 2.89. The van der Waals surface area contributed by atoms with Crippen molar-refractivity contribution in [3.8, 4) is 0 Å². The lowest BCUT2D eigenvalue weighted by Gasteiger charge is -2.19. The first-order chi connectivity index (χ1) is 8.56. The summed E-state index contributed by atoms with van der Waals surface area (Å²) in [5.74, 6) is -1.11. The molecule has 0 spiro atoms. The van der Waals surface area contributed by atoms with Crippen molar-refractivity contribution in [2.45, 2.75) is 6.10 Å². The van der Waals surface area contributed by atoms with Crippen molar-refractivity contribution in [3.63, 3.8) is 0 Å². The fourth-order valence-corrected chi connectivity index (χ4v) is 1.34. The van der Waals surface area contributed by atoms with Crippen LogP contribution in [0.4, 0.5) is 10.5 Å². The summed E-state index contributed by atoms with van der Waals surface area (Å²) >= 11 is 0. The van der Waals surface area contributed by atoms with E-state index in [4.69, 9.17) is 9.84 Å². The van der Waals surface area contributed by atoms with Gasteiger partial charge in [0.05, 0.1) is 6.54 Å². The van der Waals surface area contributed by atoms with Crippen LogP contribution in [-0.4, -0.2) is 43.9 Å². The van der Waals surface area contributed by atoms with E-state index in [2.05, 4.69) is 5.32 Å². The van der Waals surface area contributed by atoms with Crippen LogP contribution in [0.3, 0.4) is 0 Å². The van der Waals surface area contributed by atoms with Gasteiger partial charge in [0, 0.05) is 19.8 Å². The molecule has 0 fully saturated rings. The maximum absolute atomic E-state index is 11.8. The van der Waals surface area contributed by atoms with Crippen molar-refractivity contribution in [3.05, 3.63) is 30.3 Å². The third-order valence-corrected chi connectivity index (χ3v) is 2.45. The Balaban J connectivity index is 2.53. The van der Waals surface area contributed by atoms with Crippen LogP contribution in [0.25, 0.3) is 0 Å². The molecule has 1 aromatic rings. The van der Waals surface area contributed by atoms with Crippen LogP contribution < -0.4 is 10.2 Å². The summed E-state index contributed by atoms with van der Waals surface area (Å²) in [5.41, 5.74) is 0.722. The van der Waals surface area contributed by atoms with E-state index in [9.17, 15) is 9.59 Å². The number of benzene rings is 1. The summed E-state index contributed by atoms with van der Waals surface area (Å²) in [5, 5.41) is 11.2. The molecule has 0 saturated carbocycles. The molecular formula is C12H16N2O4. The number of carboxylic acid groups (broad SMARTS) is 1. The zero-order valence-electron chi connectivity index (χ0n) is 10.3. The topological polar surface area (TPSA) is 78.9 Å². The summed E-state index contributed by atoms with van der Waals surface area (Å²) in [6, 6.07) is 8.66. The van der Waals surface area contributed by atoms with Crippen molar-refractivity contribution in [2.24, 2.45) is 0 Å². The highest BCUT2D eigenvalue weighted by Gasteiger charge is 2.18. The van der Waals surface area contributed by atoms with Gasteiger partial charge in [-0.25, -0.2) is 9.59 Å². The van der Waals surface area contributed by atoms with E-state index in [0.29, 0.717) is 0 Å². The molecule has 2 amide bonds. The third-order valence-electron chi connectivity index (χ3n) is 2.45. The highest BCUT2D eigenvalue weighted by Crippen LogP contribution is 2.10. The molecule has 1 rings (SSSR count). The quantitative estimate of drug-likeness (QED) is 0.817. The zero-order chi connectivity index (χ0) is 13.5. The van der Waals surface area contributed by atoms with Crippen LogP contribution in [0.5, 0.6) is 0 Å². The van der Waals surface area contributed by atoms with Gasteiger partial charge in [-0.05, 0) is 12.1 Å². The second-order valence-electron chi connectivity index (χ2n) is 3.64. The molecule has 0 aliphatic rings. The first-order valence-corrected chi connectivity index (χ1v) is 5.38. The van der Waals surface area contributed by atoms with E-state index < -0.39 is 12.1 Å². The Kier molecular flexibility index (Phi) is 5.13. The average Bonchev–Trinajstić information content (AvgIpc) is 2.39. The number of rotatable bonds is 5. The minimum Gasteiger partial charge on any atom is -0.479 e. The number of amides is 2. The lowest BCUT2D eigenvalue weighted by Crippen LogP contribution is -2.43. The number of para-hydroxylation sites is 1. The second-order valence-corrected chi connectivity index (χ2v) is 3.64. The molecule has 1 atom stereocenters. The molecule has 18 heavy (non-hydrogen) atoms. The van der Waals surface area contributed by atoms with E-state index in [0.717, 1.165) is 5.69 Å². The first-order valence-electron chi connectivity index (χ1n) is 5.38. The third kappa shape index (κ3) is 3.74. The van der Waals surface area contributed by atoms with Gasteiger partial charge in [0.25, 0.3) is 0 Å². The van der Waals surface area contributed by atoms with Gasteiger partial charge < -0.3 is 15.2 Å². The fraction of sp³-hybridized carbons (Fsp3) is 0.333. The molecule has 2 N–H and O–H groups in total. The molecule has 0 heterocycles. The first kappa shape index (κ1) is 14.0. The van der Waals surface area contributed by atoms with E-state index in [1.165, 1.54) is 12.0 Å². The van der Waals surface area contributed by atoms with Gasteiger partial charge in [-0.15, -0.1) is 0 Å². The molecule has 6 heteroatoms. The van der Waals surface area contributed by atoms with Gasteiger partial charge in [-0.2, -0.15) is 0 Å². The normalized spacial score (nSPS) is 11.7. The lowest BCUT2D eigenvalue weighted by molar-refractivity contribution is -0.147. The van der Waals surface area contributed by atoms with Crippen LogP contribution in [0, 0.1) is 0 Å². The molecular weight excluding hydrogens is 236 g/mol. The molecule has 0 saturated heterocycles. The predicted octanol–water partition coefficient (Wildman–Crippen LogP) is 0.932. The molecule has 0 aliphatic heterocycles. The minimum absolute atomic E-state index is 0.0815. The summed E-state index contributed by atoms with van der Waals surface area (Å²) in [6.45, 7) is -0.0815. The van der Waals surface area contributed by atoms with E-state index in [1.807, 2.05) is 18.2 Å². The number of methoxy groups -OCH3 is 1. The summed E-state index contributed by atoms with van der Waals surface area (Å²) in [4.78, 5) is 23.8. The fourth-order valence-electron chi connectivity index (χ4n) is 1.34. The number of nitrogens with one attached hydrogen (secondary N) is 1. The second kappa shape index (κ2) is 6.61. The van der Waals surface area contributed by atoms with E-state index in [1.54, 1.807) is 19.2 Å². The molecule has 0 aromatic heterocycles. The number of hydrogen-bond donors (Lipinski definition) is 2. The highest BCUT2D eigenvalue weighted by atomic mass is 16.5. The number of ether oxygens (including phenoxy) is 1. The van der Waals surface area contributed by atoms with Crippen molar-refractivity contribution < 1.29 is 19.4 Å². The number of anilines is 1. The van der Waals surface area contributed by atoms with Crippen LogP contribution in [0.15, 0.2) is 30.3 Å². The van der Waals surface area contributed by atoms with Crippen LogP contribution in [-0.2, 0) is 9.53 Å². The van der Waals surface area contributed by atoms with Crippen molar-refractivity contribution >= 4 is 17.7 Å². The predicted molar refractivity (Wildman–Crippen MR) is 66.7 cm³/mol. The molecule has 1 unspecified atom stereocenters. The van der Waals surface area contributed by atoms with Gasteiger partial charge in [0.15, 0.2) is 6.10 Å². The standard InChI is InChI=1S/C12H16N2O4/c1-14(9-6-4-3-5-7-9)12(17)13-8-10(18-2)11(15)16/h3-7,10H,8H2,1-2H3,(H,13,17)(H,15,16). The Morgan fingerprint density at radius 2 is 2.00 bits per heavy atom. The number of nitrogens with zero attached hydrogens (tertiary/aromatic N) is 1. The van der Waals surface area contributed by atoms with Gasteiger partial charge in [-0.3, -0.25) is 4.90 Å². The highest BCUT2D eigenvalue weighted by molar-refractivity contribution is 5.91. The summed E-state index contributed by atoms with van der Waals surface area (Å²) in [6.07, 6.45) is -1.04. The molecule has 0 radical (unpaired) electrons. The van der Waals surface area contributed by atoms with Gasteiger partial charge >= 0.3 is 12.0 Å². The Morgan fingerprint density at radius 1 is 1.39 bits per heavy atom. The monoisotopic (exact) mass is 252 g/mol. The van der Waals surface area contributed by atoms with Crippen LogP contribution >= 0.6 is 0 Å². The smallest absolute Gasteiger partial charge is 0.334 e. The average molecular weight is 252 g/mol. The zero-order valence-corrected chi connectivity index (χ0v) is 10.3. The van der Waals surface area contributed by atoms with Crippen molar-refractivity contribution in [1.82, 2.24) is 5.32 Å². The Morgan fingerprint density at radius 3 is 2.50 bits per heavy atom. The largest absolute Gasteiger partial charge is 0.479 e. The Labute approximate surface area is 105 Å². The van der Waals surface area contributed by atoms with Crippen LogP contribution in [0.1, 0.15) is 0 Å². The molecule has 98 valence electrons. The summed E-state index contributed by atoms with van der Waals surface area (Å²) < 4.78 is 4.71. The van der Waals surface area contributed by atoms with E-state index >= 15 is 0 Å². The molecule has 1 aromatic carbocycles. The molecule has 6 nitrogen and oxygen atoms in total. The lowest BCUT2D eigenvalue weighted by atomic mass is 10.3. The Hall–Kier alpha value is -2.08. The number of urea groups is 1. The maximum atomic E-state index is 11.8. The SMILES string of the molecule is COC(CNC(=O)N(C)c1ccccc1)C(=O)O. The number of carbonyl (C=O) groups is 2.